The van der Waals surface area contributed by atoms with Crippen LogP contribution in [0, 0.1) is 0 Å². The molecule has 0 radical (unpaired) electrons. The number of fused-ring (bicyclic) bond motifs is 1. The van der Waals surface area contributed by atoms with Crippen molar-refractivity contribution < 1.29 is 14.7 Å². The first-order chi connectivity index (χ1) is 9.15. The molecule has 2 aromatic rings. The number of rotatable bonds is 3. The van der Waals surface area contributed by atoms with Crippen molar-refractivity contribution >= 4 is 23.6 Å². The van der Waals surface area contributed by atoms with Crippen molar-refractivity contribution in [3.8, 4) is 11.4 Å². The van der Waals surface area contributed by atoms with Crippen molar-refractivity contribution in [3.63, 3.8) is 0 Å². The van der Waals surface area contributed by atoms with Gasteiger partial charge in [-0.3, -0.25) is 14.6 Å². The summed E-state index contributed by atoms with van der Waals surface area (Å²) in [6.07, 6.45) is 3.01. The molecule has 8 heteroatoms. The van der Waals surface area contributed by atoms with Crippen molar-refractivity contribution in [1.82, 2.24) is 19.7 Å². The molecule has 0 saturated heterocycles. The molecule has 0 aromatic carbocycles. The number of pyridine rings is 1. The van der Waals surface area contributed by atoms with Gasteiger partial charge < -0.3 is 5.11 Å². The van der Waals surface area contributed by atoms with E-state index in [1.165, 1.54) is 4.68 Å². The molecule has 2 aromatic heterocycles. The average molecular weight is 276 g/mol. The van der Waals surface area contributed by atoms with Crippen LogP contribution in [0.4, 0.5) is 0 Å². The lowest BCUT2D eigenvalue weighted by Gasteiger charge is -2.01. The lowest BCUT2D eigenvalue weighted by atomic mass is 10.3. The van der Waals surface area contributed by atoms with Crippen LogP contribution >= 0.6 is 11.8 Å². The quantitative estimate of drug-likeness (QED) is 0.890. The molecule has 3 rings (SSSR count). The van der Waals surface area contributed by atoms with E-state index in [1.807, 2.05) is 0 Å². The number of hydrogen-bond acceptors (Lipinski definition) is 6. The number of aromatic nitrogens is 4. The Bertz CT molecular complexity index is 655. The van der Waals surface area contributed by atoms with Gasteiger partial charge in [-0.15, -0.1) is 5.10 Å². The highest BCUT2D eigenvalue weighted by molar-refractivity contribution is 8.00. The highest BCUT2D eigenvalue weighted by atomic mass is 32.2. The summed E-state index contributed by atoms with van der Waals surface area (Å²) >= 11 is 1.13. The molecule has 3 heterocycles. The standard InChI is InChI=1S/C11H8N4O3S/c16-8(17)5-7-10(18)15-11(19-7)13-9(14-15)6-1-3-12-4-2-6/h1-4,7H,5H2,(H,16,17)/t7-/m1/s1. The summed E-state index contributed by atoms with van der Waals surface area (Å²) in [4.78, 5) is 30.7. The van der Waals surface area contributed by atoms with Crippen LogP contribution in [0.5, 0.6) is 0 Å². The lowest BCUT2D eigenvalue weighted by Crippen LogP contribution is -2.21. The molecule has 0 unspecified atom stereocenters. The summed E-state index contributed by atoms with van der Waals surface area (Å²) < 4.78 is 1.17. The van der Waals surface area contributed by atoms with Crippen LogP contribution in [0.25, 0.3) is 11.4 Å². The fourth-order valence-electron chi connectivity index (χ4n) is 1.74. The first kappa shape index (κ1) is 11.8. The number of aliphatic carboxylic acids is 1. The second kappa shape index (κ2) is 4.47. The van der Waals surface area contributed by atoms with Gasteiger partial charge in [0.1, 0.15) is 5.25 Å². The van der Waals surface area contributed by atoms with Crippen LogP contribution in [0.3, 0.4) is 0 Å². The molecule has 0 bridgehead atoms. The Morgan fingerprint density at radius 2 is 2.16 bits per heavy atom. The van der Waals surface area contributed by atoms with Gasteiger partial charge in [-0.2, -0.15) is 4.68 Å². The molecule has 0 amide bonds. The van der Waals surface area contributed by atoms with Crippen molar-refractivity contribution in [2.45, 2.75) is 16.8 Å². The summed E-state index contributed by atoms with van der Waals surface area (Å²) in [6, 6.07) is 3.49. The summed E-state index contributed by atoms with van der Waals surface area (Å²) in [5.41, 5.74) is 0.764. The van der Waals surface area contributed by atoms with Crippen molar-refractivity contribution in [1.29, 1.82) is 0 Å². The molecule has 0 fully saturated rings. The number of thioether (sulfide) groups is 1. The molecule has 7 nitrogen and oxygen atoms in total. The monoisotopic (exact) mass is 276 g/mol. The predicted octanol–water partition coefficient (Wildman–Crippen LogP) is 0.929. The zero-order valence-corrected chi connectivity index (χ0v) is 10.4. The van der Waals surface area contributed by atoms with E-state index in [1.54, 1.807) is 24.5 Å². The zero-order valence-electron chi connectivity index (χ0n) is 9.55. The molecule has 1 aliphatic heterocycles. The first-order valence-corrected chi connectivity index (χ1v) is 6.33. The third-order valence-electron chi connectivity index (χ3n) is 2.61. The molecule has 96 valence electrons. The lowest BCUT2D eigenvalue weighted by molar-refractivity contribution is -0.136. The molecular weight excluding hydrogens is 268 g/mol. The Hall–Kier alpha value is -2.22. The fourth-order valence-corrected chi connectivity index (χ4v) is 2.79. The van der Waals surface area contributed by atoms with Gasteiger partial charge in [0.15, 0.2) is 11.0 Å². The topological polar surface area (TPSA) is 98.0 Å². The van der Waals surface area contributed by atoms with Gasteiger partial charge >= 0.3 is 5.97 Å². The number of nitrogens with zero attached hydrogens (tertiary/aromatic N) is 4. The largest absolute Gasteiger partial charge is 0.481 e. The van der Waals surface area contributed by atoms with E-state index in [2.05, 4.69) is 15.1 Å². The van der Waals surface area contributed by atoms with Crippen LogP contribution in [-0.4, -0.2) is 42.0 Å². The summed E-state index contributed by atoms with van der Waals surface area (Å²) in [5, 5.41) is 12.6. The van der Waals surface area contributed by atoms with E-state index < -0.39 is 11.2 Å². The van der Waals surface area contributed by atoms with Crippen LogP contribution in [0.1, 0.15) is 11.2 Å². The SMILES string of the molecule is O=C(O)C[C@H]1Sc2nc(-c3ccncc3)nn2C1=O. The smallest absolute Gasteiger partial charge is 0.305 e. The second-order valence-electron chi connectivity index (χ2n) is 3.91. The normalized spacial score (nSPS) is 17.5. The maximum Gasteiger partial charge on any atom is 0.305 e. The maximum absolute atomic E-state index is 11.9. The van der Waals surface area contributed by atoms with E-state index in [0.29, 0.717) is 11.0 Å². The van der Waals surface area contributed by atoms with Gasteiger partial charge in [0.05, 0.1) is 6.42 Å². The van der Waals surface area contributed by atoms with Gasteiger partial charge in [-0.05, 0) is 12.1 Å². The predicted molar refractivity (Wildman–Crippen MR) is 65.8 cm³/mol. The number of carbonyl (C=O) groups excluding carboxylic acids is 1. The van der Waals surface area contributed by atoms with Gasteiger partial charge in [-0.25, -0.2) is 4.98 Å². The van der Waals surface area contributed by atoms with Crippen molar-refractivity contribution in [2.75, 3.05) is 0 Å². The number of carboxylic acids is 1. The summed E-state index contributed by atoms with van der Waals surface area (Å²) in [5.74, 6) is -0.909. The molecule has 0 saturated carbocycles. The van der Waals surface area contributed by atoms with E-state index in [9.17, 15) is 9.59 Å². The van der Waals surface area contributed by atoms with Gasteiger partial charge in [0, 0.05) is 18.0 Å². The Morgan fingerprint density at radius 1 is 1.42 bits per heavy atom. The van der Waals surface area contributed by atoms with Crippen molar-refractivity contribution in [3.05, 3.63) is 24.5 Å². The summed E-state index contributed by atoms with van der Waals surface area (Å²) in [6.45, 7) is 0. The third-order valence-corrected chi connectivity index (χ3v) is 3.74. The van der Waals surface area contributed by atoms with Crippen LogP contribution in [-0.2, 0) is 4.79 Å². The first-order valence-electron chi connectivity index (χ1n) is 5.45. The maximum atomic E-state index is 11.9. The zero-order chi connectivity index (χ0) is 13.4. The Labute approximate surface area is 111 Å². The molecule has 1 atom stereocenters. The highest BCUT2D eigenvalue weighted by Crippen LogP contribution is 2.33. The van der Waals surface area contributed by atoms with Crippen LogP contribution in [0.2, 0.25) is 0 Å². The van der Waals surface area contributed by atoms with E-state index in [0.717, 1.165) is 17.3 Å². The van der Waals surface area contributed by atoms with Crippen molar-refractivity contribution in [2.24, 2.45) is 0 Å². The fraction of sp³-hybridized carbons (Fsp3) is 0.182. The van der Waals surface area contributed by atoms with Gasteiger partial charge in [0.25, 0.3) is 5.91 Å². The average Bonchev–Trinajstić information content (AvgIpc) is 2.92. The van der Waals surface area contributed by atoms with E-state index in [-0.39, 0.29) is 12.3 Å². The number of hydrogen-bond donors (Lipinski definition) is 1. The number of carboxylic acid groups (broad SMARTS) is 1. The Balaban J connectivity index is 1.89. The minimum atomic E-state index is -1.01. The van der Waals surface area contributed by atoms with E-state index in [4.69, 9.17) is 5.11 Å². The van der Waals surface area contributed by atoms with E-state index >= 15 is 0 Å². The molecule has 0 spiro atoms. The van der Waals surface area contributed by atoms with Crippen LogP contribution < -0.4 is 0 Å². The van der Waals surface area contributed by atoms with Gasteiger partial charge in [0.2, 0.25) is 0 Å². The molecular formula is C11H8N4O3S. The van der Waals surface area contributed by atoms with Gasteiger partial charge in [-0.1, -0.05) is 11.8 Å². The molecule has 1 N–H and O–H groups in total. The second-order valence-corrected chi connectivity index (χ2v) is 5.08. The highest BCUT2D eigenvalue weighted by Gasteiger charge is 2.36. The minimum Gasteiger partial charge on any atom is -0.481 e. The number of carbonyl (C=O) groups is 2. The Kier molecular flexibility index (Phi) is 2.79. The van der Waals surface area contributed by atoms with Crippen LogP contribution in [0.15, 0.2) is 29.7 Å². The molecule has 1 aliphatic rings. The molecule has 0 aliphatic carbocycles. The third kappa shape index (κ3) is 2.10. The minimum absolute atomic E-state index is 0.223. The Morgan fingerprint density at radius 3 is 2.79 bits per heavy atom. The molecule has 19 heavy (non-hydrogen) atoms. The summed E-state index contributed by atoms with van der Waals surface area (Å²) in [7, 11) is 0.